The lowest BCUT2D eigenvalue weighted by Gasteiger charge is -2.07. The fraction of sp³-hybridized carbons (Fsp3) is 0.286. The lowest BCUT2D eigenvalue weighted by molar-refractivity contribution is -0.123. The maximum absolute atomic E-state index is 11.4. The number of benzene rings is 1. The molecule has 0 saturated carbocycles. The molecule has 0 amide bonds. The van der Waals surface area contributed by atoms with E-state index in [2.05, 4.69) is 4.98 Å². The number of ketones is 1. The number of rotatable bonds is 4. The highest BCUT2D eigenvalue weighted by Crippen LogP contribution is 2.18. The van der Waals surface area contributed by atoms with Gasteiger partial charge in [-0.3, -0.25) is 9.78 Å². The summed E-state index contributed by atoms with van der Waals surface area (Å²) in [5.41, 5.74) is 0.926. The summed E-state index contributed by atoms with van der Waals surface area (Å²) in [6.07, 6.45) is 1.76. The van der Waals surface area contributed by atoms with E-state index in [1.165, 1.54) is 0 Å². The molecule has 0 saturated heterocycles. The number of aromatic nitrogens is 1. The van der Waals surface area contributed by atoms with Crippen LogP contribution >= 0.6 is 0 Å². The quantitative estimate of drug-likeness (QED) is 0.809. The second-order valence-corrected chi connectivity index (χ2v) is 4.27. The highest BCUT2D eigenvalue weighted by molar-refractivity contribution is 5.82. The molecule has 0 fully saturated rings. The number of ether oxygens (including phenoxy) is 1. The monoisotopic (exact) mass is 229 g/mol. The van der Waals surface area contributed by atoms with Crippen LogP contribution in [0.5, 0.6) is 5.75 Å². The summed E-state index contributed by atoms with van der Waals surface area (Å²) in [6, 6.07) is 9.48. The summed E-state index contributed by atoms with van der Waals surface area (Å²) >= 11 is 0. The molecule has 0 aliphatic rings. The van der Waals surface area contributed by atoms with E-state index >= 15 is 0 Å². The van der Waals surface area contributed by atoms with E-state index < -0.39 is 0 Å². The molecule has 2 rings (SSSR count). The molecule has 17 heavy (non-hydrogen) atoms. The van der Waals surface area contributed by atoms with Crippen LogP contribution in [0.4, 0.5) is 0 Å². The van der Waals surface area contributed by atoms with Gasteiger partial charge in [0.2, 0.25) is 0 Å². The summed E-state index contributed by atoms with van der Waals surface area (Å²) in [6.45, 7) is 3.87. The summed E-state index contributed by atoms with van der Waals surface area (Å²) in [5, 5.41) is 1.02. The van der Waals surface area contributed by atoms with Gasteiger partial charge in [-0.15, -0.1) is 0 Å². The molecule has 0 spiro atoms. The van der Waals surface area contributed by atoms with E-state index in [0.717, 1.165) is 10.9 Å². The predicted octanol–water partition coefficient (Wildman–Crippen LogP) is 2.84. The average molecular weight is 229 g/mol. The lowest BCUT2D eigenvalue weighted by Crippen LogP contribution is -2.16. The van der Waals surface area contributed by atoms with Crippen molar-refractivity contribution in [2.75, 3.05) is 6.61 Å². The molecule has 0 unspecified atom stereocenters. The Kier molecular flexibility index (Phi) is 3.38. The molecule has 0 radical (unpaired) electrons. The number of carbonyl (C=O) groups excluding carboxylic acids is 1. The molecule has 0 bridgehead atoms. The van der Waals surface area contributed by atoms with E-state index in [9.17, 15) is 4.79 Å². The third kappa shape index (κ3) is 2.81. The van der Waals surface area contributed by atoms with E-state index in [-0.39, 0.29) is 18.3 Å². The van der Waals surface area contributed by atoms with Crippen LogP contribution in [0.2, 0.25) is 0 Å². The molecule has 3 heteroatoms. The van der Waals surface area contributed by atoms with Gasteiger partial charge in [-0.05, 0) is 24.3 Å². The largest absolute Gasteiger partial charge is 0.486 e. The topological polar surface area (TPSA) is 39.2 Å². The van der Waals surface area contributed by atoms with Gasteiger partial charge < -0.3 is 4.74 Å². The Morgan fingerprint density at radius 1 is 1.35 bits per heavy atom. The van der Waals surface area contributed by atoms with Gasteiger partial charge in [0.25, 0.3) is 0 Å². The fourth-order valence-electron chi connectivity index (χ4n) is 1.46. The SMILES string of the molecule is CC(C)C(=O)COc1ccc2ncccc2c1. The number of pyridine rings is 1. The van der Waals surface area contributed by atoms with Crippen molar-refractivity contribution in [1.29, 1.82) is 0 Å². The summed E-state index contributed by atoms with van der Waals surface area (Å²) in [7, 11) is 0. The van der Waals surface area contributed by atoms with Crippen molar-refractivity contribution >= 4 is 16.7 Å². The average Bonchev–Trinajstić information content (AvgIpc) is 2.35. The van der Waals surface area contributed by atoms with Crippen LogP contribution in [-0.4, -0.2) is 17.4 Å². The molecule has 1 aromatic heterocycles. The molecule has 3 nitrogen and oxygen atoms in total. The van der Waals surface area contributed by atoms with Gasteiger partial charge >= 0.3 is 0 Å². The molecule has 0 aliphatic heterocycles. The number of hydrogen-bond donors (Lipinski definition) is 0. The first-order valence-corrected chi connectivity index (χ1v) is 5.67. The zero-order valence-electron chi connectivity index (χ0n) is 10.0. The maximum atomic E-state index is 11.4. The minimum atomic E-state index is 0.0112. The van der Waals surface area contributed by atoms with Crippen LogP contribution in [-0.2, 0) is 4.79 Å². The second kappa shape index (κ2) is 4.95. The number of nitrogens with zero attached hydrogens (tertiary/aromatic N) is 1. The third-order valence-corrected chi connectivity index (χ3v) is 2.60. The van der Waals surface area contributed by atoms with Crippen LogP contribution in [0.25, 0.3) is 10.9 Å². The van der Waals surface area contributed by atoms with E-state index in [4.69, 9.17) is 4.74 Å². The Balaban J connectivity index is 2.12. The van der Waals surface area contributed by atoms with Gasteiger partial charge in [-0.25, -0.2) is 0 Å². The van der Waals surface area contributed by atoms with Gasteiger partial charge in [0.1, 0.15) is 12.4 Å². The fourth-order valence-corrected chi connectivity index (χ4v) is 1.46. The molecular formula is C14H15NO2. The van der Waals surface area contributed by atoms with Gasteiger partial charge in [-0.1, -0.05) is 19.9 Å². The van der Waals surface area contributed by atoms with Crippen molar-refractivity contribution in [2.24, 2.45) is 5.92 Å². The minimum absolute atomic E-state index is 0.0112. The maximum Gasteiger partial charge on any atom is 0.172 e. The Labute approximate surface area is 100 Å². The molecule has 88 valence electrons. The zero-order chi connectivity index (χ0) is 12.3. The standard InChI is InChI=1S/C14H15NO2/c1-10(2)14(16)9-17-12-5-6-13-11(8-12)4-3-7-15-13/h3-8,10H,9H2,1-2H3. The van der Waals surface area contributed by atoms with Crippen LogP contribution in [0.1, 0.15) is 13.8 Å². The van der Waals surface area contributed by atoms with Crippen LogP contribution in [0.3, 0.4) is 0 Å². The Morgan fingerprint density at radius 2 is 2.18 bits per heavy atom. The van der Waals surface area contributed by atoms with Crippen molar-refractivity contribution in [2.45, 2.75) is 13.8 Å². The molecule has 0 atom stereocenters. The normalized spacial score (nSPS) is 10.8. The Bertz CT molecular complexity index is 534. The Morgan fingerprint density at radius 3 is 2.94 bits per heavy atom. The van der Waals surface area contributed by atoms with Crippen molar-refractivity contribution in [3.8, 4) is 5.75 Å². The van der Waals surface area contributed by atoms with E-state index in [1.807, 2.05) is 44.2 Å². The van der Waals surface area contributed by atoms with Crippen LogP contribution < -0.4 is 4.74 Å². The first kappa shape index (κ1) is 11.6. The minimum Gasteiger partial charge on any atom is -0.486 e. The number of hydrogen-bond acceptors (Lipinski definition) is 3. The van der Waals surface area contributed by atoms with Crippen molar-refractivity contribution in [3.63, 3.8) is 0 Å². The van der Waals surface area contributed by atoms with Crippen LogP contribution in [0, 0.1) is 5.92 Å². The molecule has 1 heterocycles. The Hall–Kier alpha value is -1.90. The second-order valence-electron chi connectivity index (χ2n) is 4.27. The number of carbonyl (C=O) groups is 1. The van der Waals surface area contributed by atoms with E-state index in [1.54, 1.807) is 6.20 Å². The number of fused-ring (bicyclic) bond motifs is 1. The first-order chi connectivity index (χ1) is 8.16. The predicted molar refractivity (Wildman–Crippen MR) is 67.1 cm³/mol. The van der Waals surface area contributed by atoms with Crippen molar-refractivity contribution in [1.82, 2.24) is 4.98 Å². The highest BCUT2D eigenvalue weighted by atomic mass is 16.5. The third-order valence-electron chi connectivity index (χ3n) is 2.60. The molecule has 0 aliphatic carbocycles. The molecule has 1 aromatic carbocycles. The van der Waals surface area contributed by atoms with Gasteiger partial charge in [-0.2, -0.15) is 0 Å². The van der Waals surface area contributed by atoms with Crippen molar-refractivity contribution < 1.29 is 9.53 Å². The lowest BCUT2D eigenvalue weighted by atomic mass is 10.1. The van der Waals surface area contributed by atoms with Gasteiger partial charge in [0.05, 0.1) is 5.52 Å². The highest BCUT2D eigenvalue weighted by Gasteiger charge is 2.08. The summed E-state index contributed by atoms with van der Waals surface area (Å²) in [4.78, 5) is 15.7. The molecule has 2 aromatic rings. The number of Topliss-reactive ketones (excluding diaryl/α,β-unsaturated/α-hetero) is 1. The molecular weight excluding hydrogens is 214 g/mol. The smallest absolute Gasteiger partial charge is 0.172 e. The summed E-state index contributed by atoms with van der Waals surface area (Å²) in [5.74, 6) is 0.827. The van der Waals surface area contributed by atoms with Crippen LogP contribution in [0.15, 0.2) is 36.5 Å². The van der Waals surface area contributed by atoms with Gasteiger partial charge in [0.15, 0.2) is 5.78 Å². The summed E-state index contributed by atoms with van der Waals surface area (Å²) < 4.78 is 5.46. The van der Waals surface area contributed by atoms with Gasteiger partial charge in [0, 0.05) is 17.5 Å². The molecule has 0 N–H and O–H groups in total. The van der Waals surface area contributed by atoms with E-state index in [0.29, 0.717) is 5.75 Å². The zero-order valence-corrected chi connectivity index (χ0v) is 10.0. The first-order valence-electron chi connectivity index (χ1n) is 5.67. The van der Waals surface area contributed by atoms with Crippen molar-refractivity contribution in [3.05, 3.63) is 36.5 Å².